The molecule has 0 radical (unpaired) electrons. The molecule has 104 valence electrons. The zero-order chi connectivity index (χ0) is 13.9. The molecule has 0 aromatic carbocycles. The molecule has 0 bridgehead atoms. The summed E-state index contributed by atoms with van der Waals surface area (Å²) in [6, 6.07) is 2.77. The second-order valence-corrected chi connectivity index (χ2v) is 8.31. The third-order valence-corrected chi connectivity index (χ3v) is 5.99. The van der Waals surface area contributed by atoms with Crippen LogP contribution in [0.1, 0.15) is 56.8 Å². The maximum atomic E-state index is 3.63. The molecule has 1 N–H and O–H groups in total. The summed E-state index contributed by atoms with van der Waals surface area (Å²) in [4.78, 5) is 2.83. The molecule has 1 heterocycles. The van der Waals surface area contributed by atoms with Crippen LogP contribution in [0.3, 0.4) is 0 Å². The Balaban J connectivity index is 2.83. The van der Waals surface area contributed by atoms with Crippen molar-refractivity contribution in [3.05, 3.63) is 20.3 Å². The Morgan fingerprint density at radius 2 is 2.00 bits per heavy atom. The highest BCUT2D eigenvalue weighted by molar-refractivity contribution is 9.10. The lowest BCUT2D eigenvalue weighted by molar-refractivity contribution is 0.225. The van der Waals surface area contributed by atoms with Gasteiger partial charge in [0.1, 0.15) is 0 Å². The summed E-state index contributed by atoms with van der Waals surface area (Å²) < 4.78 is 1.24. The van der Waals surface area contributed by atoms with E-state index < -0.39 is 0 Å². The lowest BCUT2D eigenvalue weighted by Crippen LogP contribution is -2.26. The number of halogens is 1. The highest BCUT2D eigenvalue weighted by Crippen LogP contribution is 2.37. The predicted molar refractivity (Wildman–Crippen MR) is 86.4 cm³/mol. The van der Waals surface area contributed by atoms with Gasteiger partial charge in [0, 0.05) is 20.3 Å². The molecule has 2 atom stereocenters. The molecule has 0 spiro atoms. The Bertz CT molecular complexity index is 359. The molecular weight excluding hydrogens is 306 g/mol. The predicted octanol–water partition coefficient (Wildman–Crippen LogP) is 5.54. The van der Waals surface area contributed by atoms with E-state index in [0.29, 0.717) is 17.4 Å². The molecule has 0 aliphatic carbocycles. The molecule has 0 saturated heterocycles. The van der Waals surface area contributed by atoms with Gasteiger partial charge in [0.05, 0.1) is 0 Å². The van der Waals surface area contributed by atoms with Crippen molar-refractivity contribution in [1.82, 2.24) is 5.32 Å². The molecule has 18 heavy (non-hydrogen) atoms. The average Bonchev–Trinajstić information content (AvgIpc) is 2.57. The van der Waals surface area contributed by atoms with E-state index in [0.717, 1.165) is 6.54 Å². The molecule has 1 nitrogen and oxygen atoms in total. The summed E-state index contributed by atoms with van der Waals surface area (Å²) in [6.07, 6.45) is 1.20. The van der Waals surface area contributed by atoms with Crippen molar-refractivity contribution < 1.29 is 0 Å². The molecule has 1 aromatic rings. The molecular formula is C15H26BrNS. The average molecular weight is 332 g/mol. The van der Waals surface area contributed by atoms with E-state index in [-0.39, 0.29) is 0 Å². The lowest BCUT2D eigenvalue weighted by Gasteiger charge is -2.30. The number of hydrogen-bond donors (Lipinski definition) is 1. The van der Waals surface area contributed by atoms with Crippen molar-refractivity contribution in [2.24, 2.45) is 11.3 Å². The lowest BCUT2D eigenvalue weighted by atomic mass is 9.78. The van der Waals surface area contributed by atoms with Gasteiger partial charge in [-0.3, -0.25) is 0 Å². The Morgan fingerprint density at radius 1 is 1.39 bits per heavy atom. The third-order valence-electron chi connectivity index (χ3n) is 3.74. The fourth-order valence-corrected chi connectivity index (χ4v) is 3.56. The van der Waals surface area contributed by atoms with Gasteiger partial charge in [-0.05, 0) is 53.2 Å². The second-order valence-electron chi connectivity index (χ2n) is 6.17. The zero-order valence-electron chi connectivity index (χ0n) is 12.4. The third kappa shape index (κ3) is 4.36. The fourth-order valence-electron chi connectivity index (χ4n) is 1.91. The summed E-state index contributed by atoms with van der Waals surface area (Å²) in [5.74, 6) is 0.697. The van der Waals surface area contributed by atoms with E-state index in [9.17, 15) is 0 Å². The van der Waals surface area contributed by atoms with Gasteiger partial charge >= 0.3 is 0 Å². The normalized spacial score (nSPS) is 15.7. The van der Waals surface area contributed by atoms with Crippen molar-refractivity contribution in [2.75, 3.05) is 6.54 Å². The van der Waals surface area contributed by atoms with Gasteiger partial charge < -0.3 is 5.32 Å². The van der Waals surface area contributed by atoms with Crippen LogP contribution in [0, 0.1) is 18.3 Å². The number of hydrogen-bond acceptors (Lipinski definition) is 2. The van der Waals surface area contributed by atoms with Crippen LogP contribution in [0.15, 0.2) is 10.5 Å². The monoisotopic (exact) mass is 331 g/mol. The van der Waals surface area contributed by atoms with Crippen LogP contribution in [0.2, 0.25) is 0 Å². The molecule has 1 aromatic heterocycles. The Kier molecular flexibility index (Phi) is 5.88. The van der Waals surface area contributed by atoms with Gasteiger partial charge in [-0.15, -0.1) is 11.3 Å². The van der Waals surface area contributed by atoms with Gasteiger partial charge in [-0.1, -0.05) is 34.6 Å². The maximum Gasteiger partial charge on any atom is 0.0417 e. The number of thiophene rings is 1. The summed E-state index contributed by atoms with van der Waals surface area (Å²) >= 11 is 5.53. The number of aryl methyl sites for hydroxylation is 1. The Hall–Kier alpha value is 0.140. The van der Waals surface area contributed by atoms with Crippen LogP contribution >= 0.6 is 27.3 Å². The molecule has 1 rings (SSSR count). The van der Waals surface area contributed by atoms with Crippen molar-refractivity contribution in [1.29, 1.82) is 0 Å². The minimum atomic E-state index is 0.372. The largest absolute Gasteiger partial charge is 0.310 e. The summed E-state index contributed by atoms with van der Waals surface area (Å²) in [6.45, 7) is 14.7. The van der Waals surface area contributed by atoms with Crippen molar-refractivity contribution in [2.45, 2.75) is 54.0 Å². The first-order valence-electron chi connectivity index (χ1n) is 6.75. The van der Waals surface area contributed by atoms with Crippen LogP contribution in [0.5, 0.6) is 0 Å². The first-order chi connectivity index (χ1) is 8.25. The second kappa shape index (κ2) is 6.53. The minimum Gasteiger partial charge on any atom is -0.310 e. The summed E-state index contributed by atoms with van der Waals surface area (Å²) in [5.41, 5.74) is 0.372. The van der Waals surface area contributed by atoms with Crippen molar-refractivity contribution in [3.63, 3.8) is 0 Å². The quantitative estimate of drug-likeness (QED) is 0.746. The molecule has 0 amide bonds. The molecule has 0 aliphatic rings. The smallest absolute Gasteiger partial charge is 0.0417 e. The minimum absolute atomic E-state index is 0.372. The standard InChI is InChI=1S/C15H26BrNS/c1-7-17-13(8-10(2)15(4,5)6)14-9-12(16)11(3)18-14/h9-10,13,17H,7-8H2,1-6H3. The van der Waals surface area contributed by atoms with Crippen LogP contribution in [-0.4, -0.2) is 6.54 Å². The SMILES string of the molecule is CCNC(CC(C)C(C)(C)C)c1cc(Br)c(C)s1. The van der Waals surface area contributed by atoms with E-state index in [2.05, 4.69) is 68.9 Å². The number of nitrogens with one attached hydrogen (secondary N) is 1. The molecule has 0 saturated carbocycles. The molecule has 0 aliphatic heterocycles. The molecule has 0 fully saturated rings. The first-order valence-corrected chi connectivity index (χ1v) is 8.35. The zero-order valence-corrected chi connectivity index (χ0v) is 14.8. The topological polar surface area (TPSA) is 12.0 Å². The van der Waals surface area contributed by atoms with Crippen LogP contribution in [0.25, 0.3) is 0 Å². The number of rotatable bonds is 5. The van der Waals surface area contributed by atoms with Crippen molar-refractivity contribution >= 4 is 27.3 Å². The van der Waals surface area contributed by atoms with Crippen LogP contribution < -0.4 is 5.32 Å². The van der Waals surface area contributed by atoms with Gasteiger partial charge in [0.25, 0.3) is 0 Å². The van der Waals surface area contributed by atoms with Gasteiger partial charge in [-0.25, -0.2) is 0 Å². The van der Waals surface area contributed by atoms with Crippen LogP contribution in [0.4, 0.5) is 0 Å². The molecule has 2 unspecified atom stereocenters. The van der Waals surface area contributed by atoms with Gasteiger partial charge in [-0.2, -0.15) is 0 Å². The Morgan fingerprint density at radius 3 is 2.39 bits per heavy atom. The highest BCUT2D eigenvalue weighted by Gasteiger charge is 2.25. The van der Waals surface area contributed by atoms with Crippen LogP contribution in [-0.2, 0) is 0 Å². The van der Waals surface area contributed by atoms with E-state index in [1.54, 1.807) is 0 Å². The van der Waals surface area contributed by atoms with Gasteiger partial charge in [0.15, 0.2) is 0 Å². The van der Waals surface area contributed by atoms with E-state index >= 15 is 0 Å². The summed E-state index contributed by atoms with van der Waals surface area (Å²) in [7, 11) is 0. The van der Waals surface area contributed by atoms with Crippen molar-refractivity contribution in [3.8, 4) is 0 Å². The van der Waals surface area contributed by atoms with E-state index in [1.165, 1.54) is 20.6 Å². The molecule has 3 heteroatoms. The maximum absolute atomic E-state index is 3.63. The first kappa shape index (κ1) is 16.2. The van der Waals surface area contributed by atoms with E-state index in [4.69, 9.17) is 0 Å². The highest BCUT2D eigenvalue weighted by atomic mass is 79.9. The summed E-state index contributed by atoms with van der Waals surface area (Å²) in [5, 5.41) is 3.63. The Labute approximate surface area is 125 Å². The van der Waals surface area contributed by atoms with E-state index in [1.807, 2.05) is 11.3 Å². The van der Waals surface area contributed by atoms with Gasteiger partial charge in [0.2, 0.25) is 0 Å². The fraction of sp³-hybridized carbons (Fsp3) is 0.733.